The van der Waals surface area contributed by atoms with E-state index < -0.39 is 5.91 Å². The van der Waals surface area contributed by atoms with Crippen molar-refractivity contribution in [3.8, 4) is 0 Å². The monoisotopic (exact) mass is 431 g/mol. The van der Waals surface area contributed by atoms with E-state index in [1.165, 1.54) is 18.2 Å². The van der Waals surface area contributed by atoms with Crippen LogP contribution in [0.4, 0.5) is 5.69 Å². The van der Waals surface area contributed by atoms with Crippen molar-refractivity contribution < 1.29 is 9.59 Å². The number of carbonyl (C=O) groups is 2. The van der Waals surface area contributed by atoms with Crippen LogP contribution in [0.2, 0.25) is 20.1 Å². The SMILES string of the molecule is CC(CC(=O)Nc1ccc(Cl)cc1Cl)=NNC(=O)c1ccc(Cl)cc1Cl. The van der Waals surface area contributed by atoms with Gasteiger partial charge in [0.1, 0.15) is 0 Å². The van der Waals surface area contributed by atoms with Gasteiger partial charge in [-0.05, 0) is 43.3 Å². The van der Waals surface area contributed by atoms with Crippen molar-refractivity contribution >= 4 is 69.6 Å². The Bertz CT molecular complexity index is 884. The Morgan fingerprint density at radius 1 is 0.962 bits per heavy atom. The molecule has 2 aromatic carbocycles. The van der Waals surface area contributed by atoms with Gasteiger partial charge in [-0.25, -0.2) is 5.43 Å². The van der Waals surface area contributed by atoms with Gasteiger partial charge >= 0.3 is 0 Å². The average molecular weight is 433 g/mol. The Balaban J connectivity index is 1.94. The first-order chi connectivity index (χ1) is 12.3. The summed E-state index contributed by atoms with van der Waals surface area (Å²) in [5.41, 5.74) is 3.40. The average Bonchev–Trinajstić information content (AvgIpc) is 2.55. The van der Waals surface area contributed by atoms with Gasteiger partial charge in [-0.15, -0.1) is 0 Å². The molecule has 0 aliphatic heterocycles. The highest BCUT2D eigenvalue weighted by Gasteiger charge is 2.11. The molecule has 5 nitrogen and oxygen atoms in total. The Morgan fingerprint density at radius 2 is 1.58 bits per heavy atom. The van der Waals surface area contributed by atoms with E-state index in [1.807, 2.05) is 0 Å². The van der Waals surface area contributed by atoms with E-state index in [-0.39, 0.29) is 22.9 Å². The summed E-state index contributed by atoms with van der Waals surface area (Å²) in [5, 5.41) is 7.96. The molecule has 0 atom stereocenters. The molecule has 136 valence electrons. The summed E-state index contributed by atoms with van der Waals surface area (Å²) in [7, 11) is 0. The molecule has 0 saturated carbocycles. The second-order valence-corrected chi connectivity index (χ2v) is 6.95. The fraction of sp³-hybridized carbons (Fsp3) is 0.118. The zero-order valence-corrected chi connectivity index (χ0v) is 16.5. The minimum absolute atomic E-state index is 0.0341. The quantitative estimate of drug-likeness (QED) is 0.488. The molecule has 0 radical (unpaired) electrons. The van der Waals surface area contributed by atoms with Crippen LogP contribution >= 0.6 is 46.4 Å². The minimum atomic E-state index is -0.507. The van der Waals surface area contributed by atoms with Gasteiger partial charge in [0.05, 0.1) is 27.7 Å². The van der Waals surface area contributed by atoms with Crippen LogP contribution in [-0.2, 0) is 4.79 Å². The van der Waals surface area contributed by atoms with Gasteiger partial charge in [-0.2, -0.15) is 5.10 Å². The molecule has 2 amide bonds. The largest absolute Gasteiger partial charge is 0.324 e. The molecule has 0 saturated heterocycles. The first-order valence-electron chi connectivity index (χ1n) is 7.29. The molecule has 2 N–H and O–H groups in total. The Morgan fingerprint density at radius 3 is 2.19 bits per heavy atom. The molecular weight excluding hydrogens is 420 g/mol. The van der Waals surface area contributed by atoms with Crippen molar-refractivity contribution in [2.75, 3.05) is 5.32 Å². The van der Waals surface area contributed by atoms with E-state index >= 15 is 0 Å². The van der Waals surface area contributed by atoms with Crippen LogP contribution in [-0.4, -0.2) is 17.5 Å². The van der Waals surface area contributed by atoms with Crippen molar-refractivity contribution in [1.29, 1.82) is 0 Å². The number of amides is 2. The maximum atomic E-state index is 12.1. The maximum absolute atomic E-state index is 12.1. The van der Waals surface area contributed by atoms with Crippen LogP contribution in [0.1, 0.15) is 23.7 Å². The number of hydrogen-bond donors (Lipinski definition) is 2. The summed E-state index contributed by atoms with van der Waals surface area (Å²) in [6.45, 7) is 1.60. The van der Waals surface area contributed by atoms with E-state index in [9.17, 15) is 9.59 Å². The normalized spacial score (nSPS) is 11.2. The van der Waals surface area contributed by atoms with E-state index in [1.54, 1.807) is 25.1 Å². The fourth-order valence-corrected chi connectivity index (χ4v) is 2.89. The first kappa shape index (κ1) is 20.5. The lowest BCUT2D eigenvalue weighted by molar-refractivity contribution is -0.115. The third-order valence-electron chi connectivity index (χ3n) is 3.15. The topological polar surface area (TPSA) is 70.6 Å². The van der Waals surface area contributed by atoms with Gasteiger partial charge in [-0.3, -0.25) is 9.59 Å². The molecule has 0 spiro atoms. The first-order valence-corrected chi connectivity index (χ1v) is 8.81. The number of hydrazone groups is 1. The summed E-state index contributed by atoms with van der Waals surface area (Å²) in [6, 6.07) is 9.22. The summed E-state index contributed by atoms with van der Waals surface area (Å²) in [5.74, 6) is -0.846. The van der Waals surface area contributed by atoms with Crippen molar-refractivity contribution in [3.05, 3.63) is 62.1 Å². The van der Waals surface area contributed by atoms with Crippen LogP contribution in [0, 0.1) is 0 Å². The Kier molecular flexibility index (Phi) is 7.29. The lowest BCUT2D eigenvalue weighted by atomic mass is 10.2. The van der Waals surface area contributed by atoms with Gasteiger partial charge in [0.25, 0.3) is 5.91 Å². The van der Waals surface area contributed by atoms with E-state index in [4.69, 9.17) is 46.4 Å². The summed E-state index contributed by atoms with van der Waals surface area (Å²) in [4.78, 5) is 24.1. The summed E-state index contributed by atoms with van der Waals surface area (Å²) >= 11 is 23.6. The zero-order chi connectivity index (χ0) is 19.3. The molecule has 9 heteroatoms. The molecule has 0 aromatic heterocycles. The van der Waals surface area contributed by atoms with Crippen molar-refractivity contribution in [3.63, 3.8) is 0 Å². The van der Waals surface area contributed by atoms with Crippen molar-refractivity contribution in [2.45, 2.75) is 13.3 Å². The van der Waals surface area contributed by atoms with Gasteiger partial charge in [0.15, 0.2) is 0 Å². The third kappa shape index (κ3) is 5.88. The molecule has 0 fully saturated rings. The van der Waals surface area contributed by atoms with Crippen LogP contribution < -0.4 is 10.7 Å². The molecule has 0 unspecified atom stereocenters. The molecule has 0 bridgehead atoms. The van der Waals surface area contributed by atoms with Crippen molar-refractivity contribution in [2.24, 2.45) is 5.10 Å². The fourth-order valence-electron chi connectivity index (χ4n) is 1.94. The number of anilines is 1. The Hall–Kier alpha value is -1.79. The zero-order valence-electron chi connectivity index (χ0n) is 13.4. The van der Waals surface area contributed by atoms with Gasteiger partial charge in [0, 0.05) is 15.8 Å². The lowest BCUT2D eigenvalue weighted by Crippen LogP contribution is -2.21. The molecule has 2 rings (SSSR count). The molecule has 0 aliphatic rings. The number of hydrogen-bond acceptors (Lipinski definition) is 3. The highest BCUT2D eigenvalue weighted by Crippen LogP contribution is 2.25. The highest BCUT2D eigenvalue weighted by molar-refractivity contribution is 6.37. The van der Waals surface area contributed by atoms with Gasteiger partial charge in [-0.1, -0.05) is 46.4 Å². The predicted molar refractivity (Wildman–Crippen MR) is 107 cm³/mol. The molecule has 26 heavy (non-hydrogen) atoms. The van der Waals surface area contributed by atoms with Crippen LogP contribution in [0.5, 0.6) is 0 Å². The molecular formula is C17H13Cl4N3O2. The van der Waals surface area contributed by atoms with E-state index in [0.29, 0.717) is 26.5 Å². The number of carbonyl (C=O) groups excluding carboxylic acids is 2. The summed E-state index contributed by atoms with van der Waals surface area (Å²) < 4.78 is 0. The molecule has 0 aliphatic carbocycles. The van der Waals surface area contributed by atoms with Crippen LogP contribution in [0.25, 0.3) is 0 Å². The highest BCUT2D eigenvalue weighted by atomic mass is 35.5. The van der Waals surface area contributed by atoms with E-state index in [0.717, 1.165) is 0 Å². The number of halogens is 4. The Labute approximate surface area is 170 Å². The van der Waals surface area contributed by atoms with E-state index in [2.05, 4.69) is 15.8 Å². The maximum Gasteiger partial charge on any atom is 0.272 e. The van der Waals surface area contributed by atoms with Crippen LogP contribution in [0.3, 0.4) is 0 Å². The number of nitrogens with zero attached hydrogens (tertiary/aromatic N) is 1. The number of rotatable bonds is 5. The lowest BCUT2D eigenvalue weighted by Gasteiger charge is -2.08. The second-order valence-electron chi connectivity index (χ2n) is 5.26. The third-order valence-corrected chi connectivity index (χ3v) is 4.24. The number of nitrogens with one attached hydrogen (secondary N) is 2. The molecule has 0 heterocycles. The minimum Gasteiger partial charge on any atom is -0.324 e. The predicted octanol–water partition coefficient (Wildman–Crippen LogP) is 5.43. The van der Waals surface area contributed by atoms with Gasteiger partial charge in [0.2, 0.25) is 5.91 Å². The smallest absolute Gasteiger partial charge is 0.272 e. The summed E-state index contributed by atoms with van der Waals surface area (Å²) in [6.07, 6.45) is -0.0341. The molecule has 2 aromatic rings. The number of benzene rings is 2. The standard InChI is InChI=1S/C17H13Cl4N3O2/c1-9(6-16(25)22-15-5-3-11(19)8-14(15)21)23-24-17(26)12-4-2-10(18)7-13(12)20/h2-5,7-8H,6H2,1H3,(H,22,25)(H,24,26). The van der Waals surface area contributed by atoms with Crippen molar-refractivity contribution in [1.82, 2.24) is 5.43 Å². The van der Waals surface area contributed by atoms with Gasteiger partial charge < -0.3 is 5.32 Å². The van der Waals surface area contributed by atoms with Crippen LogP contribution in [0.15, 0.2) is 41.5 Å². The second kappa shape index (κ2) is 9.24.